The number of nitrogens with zero attached hydrogens (tertiary/aromatic N) is 3. The molecule has 1 aliphatic rings. The van der Waals surface area contributed by atoms with Crippen molar-refractivity contribution in [3.05, 3.63) is 36.2 Å². The Kier molecular flexibility index (Phi) is 6.56. The molecule has 0 saturated carbocycles. The molecule has 1 aromatic carbocycles. The van der Waals surface area contributed by atoms with E-state index in [0.717, 1.165) is 25.6 Å². The maximum Gasteiger partial charge on any atom is 0.419 e. The first-order valence-electron chi connectivity index (χ1n) is 11.2. The topological polar surface area (TPSA) is 91.0 Å². The number of nitrogens with one attached hydrogen (secondary N) is 2. The average molecular weight is 514 g/mol. The second-order valence-electron chi connectivity index (χ2n) is 9.69. The van der Waals surface area contributed by atoms with Crippen molar-refractivity contribution in [2.24, 2.45) is 0 Å². The number of anilines is 1. The minimum atomic E-state index is -4.71. The lowest BCUT2D eigenvalue weighted by Crippen LogP contribution is -2.50. The first-order valence-corrected chi connectivity index (χ1v) is 12.8. The predicted molar refractivity (Wildman–Crippen MR) is 125 cm³/mol. The molecule has 3 heterocycles. The van der Waals surface area contributed by atoms with Gasteiger partial charge >= 0.3 is 6.18 Å². The number of hydrogen-bond acceptors (Lipinski definition) is 6. The van der Waals surface area contributed by atoms with Gasteiger partial charge in [0.25, 0.3) is 0 Å². The highest BCUT2D eigenvalue weighted by Crippen LogP contribution is 2.39. The average Bonchev–Trinajstić information content (AvgIpc) is 3.21. The van der Waals surface area contributed by atoms with Crippen LogP contribution in [0.5, 0.6) is 0 Å². The Morgan fingerprint density at radius 3 is 2.63 bits per heavy atom. The molecule has 1 fully saturated rings. The number of aromatic nitrogens is 3. The summed E-state index contributed by atoms with van der Waals surface area (Å²) in [5.74, 6) is 0.0831. The molecule has 0 spiro atoms. The van der Waals surface area contributed by atoms with E-state index in [0.29, 0.717) is 11.9 Å². The van der Waals surface area contributed by atoms with Crippen LogP contribution in [0.2, 0.25) is 0 Å². The van der Waals surface area contributed by atoms with Crippen LogP contribution in [0.25, 0.3) is 22.2 Å². The van der Waals surface area contributed by atoms with E-state index in [1.165, 1.54) is 24.4 Å². The zero-order valence-corrected chi connectivity index (χ0v) is 20.4. The first-order chi connectivity index (χ1) is 16.3. The lowest BCUT2D eigenvalue weighted by molar-refractivity contribution is -0.137. The highest BCUT2D eigenvalue weighted by Gasteiger charge is 2.36. The van der Waals surface area contributed by atoms with Crippen molar-refractivity contribution in [2.45, 2.75) is 56.3 Å². The number of fused-ring (bicyclic) bond motifs is 1. The first kappa shape index (κ1) is 25.4. The molecule has 1 saturated heterocycles. The SMILES string of the molecule is CC(C)(C)N1CCC[C@H](Nc2ncc(C(F)(F)F)c(-c3c[nH]c4cc(S(=O)(=O)CF)ccc34)n2)C1. The summed E-state index contributed by atoms with van der Waals surface area (Å²) >= 11 is 0. The summed E-state index contributed by atoms with van der Waals surface area (Å²) in [5.41, 5.74) is -0.980. The third-order valence-corrected chi connectivity index (χ3v) is 7.47. The van der Waals surface area contributed by atoms with E-state index >= 15 is 0 Å². The molecule has 0 unspecified atom stereocenters. The maximum atomic E-state index is 13.8. The fraction of sp³-hybridized carbons (Fsp3) is 0.478. The van der Waals surface area contributed by atoms with Gasteiger partial charge in [-0.25, -0.2) is 22.8 Å². The van der Waals surface area contributed by atoms with Gasteiger partial charge in [-0.3, -0.25) is 4.90 Å². The second kappa shape index (κ2) is 9.05. The predicted octanol–water partition coefficient (Wildman–Crippen LogP) is 5.02. The number of rotatable bonds is 5. The van der Waals surface area contributed by atoms with E-state index < -0.39 is 27.6 Å². The molecule has 0 bridgehead atoms. The van der Waals surface area contributed by atoms with Crippen LogP contribution in [0.3, 0.4) is 0 Å². The van der Waals surface area contributed by atoms with Gasteiger partial charge < -0.3 is 10.3 Å². The summed E-state index contributed by atoms with van der Waals surface area (Å²) in [5, 5.41) is 3.51. The van der Waals surface area contributed by atoms with Crippen LogP contribution >= 0.6 is 0 Å². The molecular weight excluding hydrogens is 486 g/mol. The van der Waals surface area contributed by atoms with Gasteiger partial charge in [-0.05, 0) is 52.3 Å². The molecule has 2 aromatic heterocycles. The van der Waals surface area contributed by atoms with Crippen LogP contribution < -0.4 is 5.32 Å². The quantitative estimate of drug-likeness (QED) is 0.466. The van der Waals surface area contributed by atoms with E-state index in [1.54, 1.807) is 0 Å². The van der Waals surface area contributed by atoms with Crippen LogP contribution in [0, 0.1) is 0 Å². The lowest BCUT2D eigenvalue weighted by Gasteiger charge is -2.41. The number of likely N-dealkylation sites (tertiary alicyclic amines) is 1. The zero-order valence-electron chi connectivity index (χ0n) is 19.6. The summed E-state index contributed by atoms with van der Waals surface area (Å²) in [7, 11) is -4.12. The van der Waals surface area contributed by atoms with Gasteiger partial charge in [-0.2, -0.15) is 13.2 Å². The van der Waals surface area contributed by atoms with Crippen molar-refractivity contribution < 1.29 is 26.0 Å². The largest absolute Gasteiger partial charge is 0.419 e. The second-order valence-corrected chi connectivity index (χ2v) is 11.6. The molecule has 1 aliphatic heterocycles. The molecule has 0 radical (unpaired) electrons. The van der Waals surface area contributed by atoms with Crippen molar-refractivity contribution in [1.82, 2.24) is 19.9 Å². The number of halogens is 4. The molecule has 4 rings (SSSR count). The van der Waals surface area contributed by atoms with Crippen molar-refractivity contribution in [2.75, 3.05) is 24.4 Å². The van der Waals surface area contributed by atoms with E-state index in [9.17, 15) is 26.0 Å². The fourth-order valence-corrected chi connectivity index (χ4v) is 5.01. The Morgan fingerprint density at radius 1 is 1.23 bits per heavy atom. The third-order valence-electron chi connectivity index (χ3n) is 6.21. The van der Waals surface area contributed by atoms with Crippen molar-refractivity contribution in [3.8, 4) is 11.3 Å². The van der Waals surface area contributed by atoms with E-state index in [-0.39, 0.29) is 39.2 Å². The summed E-state index contributed by atoms with van der Waals surface area (Å²) in [6.07, 6.45) is -0.835. The van der Waals surface area contributed by atoms with E-state index in [4.69, 9.17) is 0 Å². The Balaban J connectivity index is 1.73. The summed E-state index contributed by atoms with van der Waals surface area (Å²) in [6.45, 7) is 7.99. The van der Waals surface area contributed by atoms with Crippen molar-refractivity contribution in [3.63, 3.8) is 0 Å². The van der Waals surface area contributed by atoms with E-state index in [1.807, 2.05) is 0 Å². The maximum absolute atomic E-state index is 13.8. The zero-order chi connectivity index (χ0) is 25.6. The van der Waals surface area contributed by atoms with Crippen LogP contribution in [0.4, 0.5) is 23.5 Å². The molecule has 0 aliphatic carbocycles. The lowest BCUT2D eigenvalue weighted by atomic mass is 9.98. The molecule has 1 atom stereocenters. The van der Waals surface area contributed by atoms with Gasteiger partial charge in [0, 0.05) is 47.0 Å². The van der Waals surface area contributed by atoms with Crippen molar-refractivity contribution >= 4 is 26.7 Å². The van der Waals surface area contributed by atoms with Gasteiger partial charge in [-0.1, -0.05) is 6.07 Å². The number of hydrogen-bond donors (Lipinski definition) is 2. The van der Waals surface area contributed by atoms with Gasteiger partial charge in [0.15, 0.2) is 6.01 Å². The fourth-order valence-electron chi connectivity index (χ4n) is 4.31. The summed E-state index contributed by atoms with van der Waals surface area (Å²) < 4.78 is 78.1. The van der Waals surface area contributed by atoms with Crippen molar-refractivity contribution in [1.29, 1.82) is 0 Å². The number of alkyl halides is 4. The normalized spacial score (nSPS) is 18.2. The number of sulfone groups is 1. The summed E-state index contributed by atoms with van der Waals surface area (Å²) in [4.78, 5) is 13.0. The number of aromatic amines is 1. The Labute approximate surface area is 200 Å². The van der Waals surface area contributed by atoms with Gasteiger partial charge in [0.1, 0.15) is 5.56 Å². The number of piperidine rings is 1. The number of benzene rings is 1. The molecule has 35 heavy (non-hydrogen) atoms. The highest BCUT2D eigenvalue weighted by atomic mass is 32.2. The smallest absolute Gasteiger partial charge is 0.360 e. The molecular formula is C23H27F4N5O2S. The van der Waals surface area contributed by atoms with E-state index in [2.05, 4.69) is 45.9 Å². The molecule has 7 nitrogen and oxygen atoms in total. The minimum absolute atomic E-state index is 0.0241. The monoisotopic (exact) mass is 513 g/mol. The Bertz CT molecular complexity index is 1330. The molecule has 190 valence electrons. The molecule has 2 N–H and O–H groups in total. The summed E-state index contributed by atoms with van der Waals surface area (Å²) in [6, 6.07) is 2.12. The van der Waals surface area contributed by atoms with Gasteiger partial charge in [0.05, 0.1) is 10.6 Å². The van der Waals surface area contributed by atoms with Crippen LogP contribution in [0.15, 0.2) is 35.5 Å². The number of H-pyrrole nitrogens is 1. The Morgan fingerprint density at radius 2 is 1.97 bits per heavy atom. The highest BCUT2D eigenvalue weighted by molar-refractivity contribution is 7.91. The standard InChI is InChI=1S/C23H27F4N5O2S/c1-22(2,3)32-8-4-5-14(12-32)30-21-29-11-18(23(25,26)27)20(31-21)17-10-28-19-9-15(6-7-16(17)19)35(33,34)13-24/h6-7,9-11,14,28H,4-5,8,12-13H2,1-3H3,(H,29,30,31)/t14-/m0/s1. The van der Waals surface area contributed by atoms with Crippen LogP contribution in [-0.4, -0.2) is 58.9 Å². The minimum Gasteiger partial charge on any atom is -0.360 e. The molecule has 3 aromatic rings. The van der Waals surface area contributed by atoms with Crippen LogP contribution in [0.1, 0.15) is 39.2 Å². The van der Waals surface area contributed by atoms with Gasteiger partial charge in [0.2, 0.25) is 15.8 Å². The molecule has 0 amide bonds. The van der Waals surface area contributed by atoms with Crippen LogP contribution in [-0.2, 0) is 16.0 Å². The third kappa shape index (κ3) is 5.27. The molecule has 12 heteroatoms. The van der Waals surface area contributed by atoms with Gasteiger partial charge in [-0.15, -0.1) is 0 Å². The Hall–Kier alpha value is -2.73.